The summed E-state index contributed by atoms with van der Waals surface area (Å²) >= 11 is 0. The van der Waals surface area contributed by atoms with Gasteiger partial charge in [0, 0.05) is 7.05 Å². The molecule has 2 rings (SSSR count). The SMILES string of the molecule is Cc1cc(C(=O)Nc2ncc(N)cc2C)n(C)n1. The van der Waals surface area contributed by atoms with Crippen molar-refractivity contribution in [3.8, 4) is 0 Å². The third kappa shape index (κ3) is 2.32. The van der Waals surface area contributed by atoms with Crippen molar-refractivity contribution < 1.29 is 4.79 Å². The Hall–Kier alpha value is -2.37. The van der Waals surface area contributed by atoms with Crippen molar-refractivity contribution >= 4 is 17.4 Å². The Balaban J connectivity index is 2.24. The van der Waals surface area contributed by atoms with Gasteiger partial charge >= 0.3 is 0 Å². The summed E-state index contributed by atoms with van der Waals surface area (Å²) in [5.74, 6) is 0.270. The average Bonchev–Trinajstić information content (AvgIpc) is 2.62. The van der Waals surface area contributed by atoms with Crippen molar-refractivity contribution in [3.05, 3.63) is 35.3 Å². The number of pyridine rings is 1. The highest BCUT2D eigenvalue weighted by atomic mass is 16.2. The van der Waals surface area contributed by atoms with Crippen LogP contribution in [0.3, 0.4) is 0 Å². The van der Waals surface area contributed by atoms with Crippen molar-refractivity contribution in [2.24, 2.45) is 7.05 Å². The standard InChI is InChI=1S/C12H15N5O/c1-7-4-9(13)6-14-11(7)15-12(18)10-5-8(2)16-17(10)3/h4-6H,13H2,1-3H3,(H,14,15,18). The van der Waals surface area contributed by atoms with Crippen molar-refractivity contribution in [2.75, 3.05) is 11.1 Å². The maximum Gasteiger partial charge on any atom is 0.275 e. The first-order chi connectivity index (χ1) is 8.47. The molecule has 0 atom stereocenters. The largest absolute Gasteiger partial charge is 0.397 e. The van der Waals surface area contributed by atoms with Crippen LogP contribution < -0.4 is 11.1 Å². The molecule has 1 amide bonds. The molecule has 0 aliphatic heterocycles. The highest BCUT2D eigenvalue weighted by Crippen LogP contribution is 2.15. The number of hydrogen-bond acceptors (Lipinski definition) is 4. The van der Waals surface area contributed by atoms with E-state index in [1.807, 2.05) is 13.8 Å². The smallest absolute Gasteiger partial charge is 0.275 e. The van der Waals surface area contributed by atoms with Gasteiger partial charge in [0.25, 0.3) is 5.91 Å². The molecule has 0 fully saturated rings. The van der Waals surface area contributed by atoms with Crippen LogP contribution in [0.15, 0.2) is 18.3 Å². The Labute approximate surface area is 105 Å². The van der Waals surface area contributed by atoms with E-state index in [1.54, 1.807) is 19.2 Å². The predicted molar refractivity (Wildman–Crippen MR) is 69.3 cm³/mol. The Morgan fingerprint density at radius 1 is 1.39 bits per heavy atom. The lowest BCUT2D eigenvalue weighted by atomic mass is 10.2. The van der Waals surface area contributed by atoms with Gasteiger partial charge in [-0.05, 0) is 31.5 Å². The number of nitrogens with zero attached hydrogens (tertiary/aromatic N) is 3. The van der Waals surface area contributed by atoms with E-state index in [0.717, 1.165) is 11.3 Å². The maximum absolute atomic E-state index is 12.0. The molecular formula is C12H15N5O. The summed E-state index contributed by atoms with van der Waals surface area (Å²) in [5.41, 5.74) is 8.29. The Morgan fingerprint density at radius 2 is 2.11 bits per heavy atom. The summed E-state index contributed by atoms with van der Waals surface area (Å²) < 4.78 is 1.54. The van der Waals surface area contributed by atoms with Crippen LogP contribution in [0, 0.1) is 13.8 Å². The third-order valence-corrected chi connectivity index (χ3v) is 2.57. The summed E-state index contributed by atoms with van der Waals surface area (Å²) in [6.07, 6.45) is 1.51. The molecule has 0 spiro atoms. The van der Waals surface area contributed by atoms with E-state index in [1.165, 1.54) is 10.9 Å². The van der Waals surface area contributed by atoms with Gasteiger partial charge in [-0.2, -0.15) is 5.10 Å². The van der Waals surface area contributed by atoms with Gasteiger partial charge in [-0.25, -0.2) is 4.98 Å². The first-order valence-electron chi connectivity index (χ1n) is 5.51. The number of carbonyl (C=O) groups excluding carboxylic acids is 1. The molecule has 2 aromatic heterocycles. The molecule has 6 nitrogen and oxygen atoms in total. The summed E-state index contributed by atoms with van der Waals surface area (Å²) in [5, 5.41) is 6.87. The summed E-state index contributed by atoms with van der Waals surface area (Å²) in [6.45, 7) is 3.68. The van der Waals surface area contributed by atoms with Gasteiger partial charge in [0.15, 0.2) is 0 Å². The zero-order chi connectivity index (χ0) is 13.3. The van der Waals surface area contributed by atoms with Gasteiger partial charge < -0.3 is 11.1 Å². The van der Waals surface area contributed by atoms with Crippen LogP contribution in [-0.2, 0) is 7.05 Å². The van der Waals surface area contributed by atoms with Crippen molar-refractivity contribution in [1.29, 1.82) is 0 Å². The van der Waals surface area contributed by atoms with Crippen molar-refractivity contribution in [1.82, 2.24) is 14.8 Å². The van der Waals surface area contributed by atoms with Crippen LogP contribution in [0.25, 0.3) is 0 Å². The van der Waals surface area contributed by atoms with Gasteiger partial charge in [-0.15, -0.1) is 0 Å². The monoisotopic (exact) mass is 245 g/mol. The minimum atomic E-state index is -0.238. The summed E-state index contributed by atoms with van der Waals surface area (Å²) in [7, 11) is 1.73. The zero-order valence-corrected chi connectivity index (χ0v) is 10.6. The van der Waals surface area contributed by atoms with Crippen LogP contribution in [-0.4, -0.2) is 20.7 Å². The van der Waals surface area contributed by atoms with Crippen molar-refractivity contribution in [3.63, 3.8) is 0 Å². The third-order valence-electron chi connectivity index (χ3n) is 2.57. The molecule has 0 aliphatic rings. The minimum Gasteiger partial charge on any atom is -0.397 e. The van der Waals surface area contributed by atoms with Gasteiger partial charge in [-0.3, -0.25) is 9.48 Å². The molecule has 0 radical (unpaired) electrons. The molecule has 18 heavy (non-hydrogen) atoms. The number of nitrogens with two attached hydrogens (primary N) is 1. The Bertz CT molecular complexity index is 603. The van der Waals surface area contributed by atoms with Crippen LogP contribution >= 0.6 is 0 Å². The van der Waals surface area contributed by atoms with E-state index in [-0.39, 0.29) is 5.91 Å². The van der Waals surface area contributed by atoms with Crippen LogP contribution in [0.1, 0.15) is 21.7 Å². The van der Waals surface area contributed by atoms with Gasteiger partial charge in [0.2, 0.25) is 0 Å². The number of aryl methyl sites for hydroxylation is 3. The number of anilines is 2. The second-order valence-electron chi connectivity index (χ2n) is 4.18. The zero-order valence-electron chi connectivity index (χ0n) is 10.6. The molecule has 0 aliphatic carbocycles. The molecule has 6 heteroatoms. The molecule has 94 valence electrons. The molecule has 0 aromatic carbocycles. The topological polar surface area (TPSA) is 85.8 Å². The number of nitrogen functional groups attached to an aromatic ring is 1. The van der Waals surface area contributed by atoms with Gasteiger partial charge in [0.1, 0.15) is 11.5 Å². The first kappa shape index (κ1) is 12.1. The fraction of sp³-hybridized carbons (Fsp3) is 0.250. The summed E-state index contributed by atoms with van der Waals surface area (Å²) in [4.78, 5) is 16.1. The van der Waals surface area contributed by atoms with Crippen LogP contribution in [0.5, 0.6) is 0 Å². The number of rotatable bonds is 2. The van der Waals surface area contributed by atoms with Gasteiger partial charge in [-0.1, -0.05) is 0 Å². The molecule has 0 bridgehead atoms. The first-order valence-corrected chi connectivity index (χ1v) is 5.51. The van der Waals surface area contributed by atoms with E-state index < -0.39 is 0 Å². The number of amides is 1. The molecule has 2 heterocycles. The number of carbonyl (C=O) groups is 1. The quantitative estimate of drug-likeness (QED) is 0.834. The van der Waals surface area contributed by atoms with E-state index in [9.17, 15) is 4.79 Å². The van der Waals surface area contributed by atoms with Crippen LogP contribution in [0.4, 0.5) is 11.5 Å². The lowest BCUT2D eigenvalue weighted by molar-refractivity contribution is 0.101. The Morgan fingerprint density at radius 3 is 2.67 bits per heavy atom. The fourth-order valence-electron chi connectivity index (χ4n) is 1.72. The predicted octanol–water partition coefficient (Wildman–Crippen LogP) is 1.27. The molecule has 0 unspecified atom stereocenters. The second kappa shape index (κ2) is 4.48. The lowest BCUT2D eigenvalue weighted by Crippen LogP contribution is -2.17. The number of nitrogens with one attached hydrogen (secondary N) is 1. The normalized spacial score (nSPS) is 10.4. The summed E-state index contributed by atoms with van der Waals surface area (Å²) in [6, 6.07) is 3.49. The van der Waals surface area contributed by atoms with E-state index in [2.05, 4.69) is 15.4 Å². The second-order valence-corrected chi connectivity index (χ2v) is 4.18. The van der Waals surface area contributed by atoms with E-state index >= 15 is 0 Å². The highest BCUT2D eigenvalue weighted by Gasteiger charge is 2.13. The van der Waals surface area contributed by atoms with Crippen LogP contribution in [0.2, 0.25) is 0 Å². The molecule has 2 aromatic rings. The van der Waals surface area contributed by atoms with E-state index in [0.29, 0.717) is 17.2 Å². The number of aromatic nitrogens is 3. The molecular weight excluding hydrogens is 230 g/mol. The molecule has 0 saturated carbocycles. The minimum absolute atomic E-state index is 0.238. The van der Waals surface area contributed by atoms with Gasteiger partial charge in [0.05, 0.1) is 17.6 Å². The Kier molecular flexibility index (Phi) is 3.01. The lowest BCUT2D eigenvalue weighted by Gasteiger charge is -2.07. The fourth-order valence-corrected chi connectivity index (χ4v) is 1.72. The maximum atomic E-state index is 12.0. The van der Waals surface area contributed by atoms with E-state index in [4.69, 9.17) is 5.73 Å². The van der Waals surface area contributed by atoms with Crippen molar-refractivity contribution in [2.45, 2.75) is 13.8 Å². The highest BCUT2D eigenvalue weighted by molar-refractivity contribution is 6.03. The molecule has 3 N–H and O–H groups in total. The molecule has 0 saturated heterocycles. The number of hydrogen-bond donors (Lipinski definition) is 2. The average molecular weight is 245 g/mol.